The van der Waals surface area contributed by atoms with E-state index in [4.69, 9.17) is 14.4 Å². The van der Waals surface area contributed by atoms with Crippen LogP contribution in [0.5, 0.6) is 0 Å². The van der Waals surface area contributed by atoms with Gasteiger partial charge in [-0.2, -0.15) is 5.26 Å². The molecule has 0 bridgehead atoms. The molecule has 0 atom stereocenters. The van der Waals surface area contributed by atoms with Crippen LogP contribution in [0.2, 0.25) is 0 Å². The molecule has 1 fully saturated rings. The standard InChI is InChI=1S/C24H24FN3O3/c1-24(2,3)31-23(29)28-8-6-16(7-9-28)21-12-17-11-20(27-14-22(17)30-21)18-5-4-15(13-26)10-19(18)25/h4-5,10-12,14,16H,6-9H2,1-3H3. The molecule has 3 heterocycles. The topological polar surface area (TPSA) is 79.4 Å². The quantitative estimate of drug-likeness (QED) is 0.536. The highest BCUT2D eigenvalue weighted by Crippen LogP contribution is 2.34. The van der Waals surface area contributed by atoms with Crippen molar-refractivity contribution in [2.75, 3.05) is 13.1 Å². The van der Waals surface area contributed by atoms with E-state index in [2.05, 4.69) is 4.98 Å². The number of nitriles is 1. The van der Waals surface area contributed by atoms with E-state index in [1.807, 2.05) is 32.9 Å². The van der Waals surface area contributed by atoms with Gasteiger partial charge < -0.3 is 14.1 Å². The lowest BCUT2D eigenvalue weighted by Gasteiger charge is -2.32. The number of nitrogens with zero attached hydrogens (tertiary/aromatic N) is 3. The molecule has 1 aliphatic heterocycles. The summed E-state index contributed by atoms with van der Waals surface area (Å²) in [5, 5.41) is 9.76. The summed E-state index contributed by atoms with van der Waals surface area (Å²) >= 11 is 0. The van der Waals surface area contributed by atoms with Gasteiger partial charge in [0.2, 0.25) is 0 Å². The van der Waals surface area contributed by atoms with Crippen LogP contribution in [-0.4, -0.2) is 34.7 Å². The van der Waals surface area contributed by atoms with E-state index in [-0.39, 0.29) is 17.6 Å². The predicted octanol–water partition coefficient (Wildman–Crippen LogP) is 5.62. The highest BCUT2D eigenvalue weighted by atomic mass is 19.1. The maximum atomic E-state index is 14.4. The molecule has 1 amide bonds. The van der Waals surface area contributed by atoms with Crippen molar-refractivity contribution in [1.82, 2.24) is 9.88 Å². The number of ether oxygens (including phenoxy) is 1. The molecule has 0 saturated carbocycles. The summed E-state index contributed by atoms with van der Waals surface area (Å²) in [4.78, 5) is 18.3. The van der Waals surface area contributed by atoms with Gasteiger partial charge in [-0.25, -0.2) is 9.18 Å². The summed E-state index contributed by atoms with van der Waals surface area (Å²) in [5.74, 6) is 0.559. The Hall–Kier alpha value is -3.40. The molecule has 0 unspecified atom stereocenters. The number of hydrogen-bond acceptors (Lipinski definition) is 5. The van der Waals surface area contributed by atoms with E-state index in [0.29, 0.717) is 29.9 Å². The summed E-state index contributed by atoms with van der Waals surface area (Å²) in [6, 6.07) is 10.0. The number of carbonyl (C=O) groups excluding carboxylic acids is 1. The van der Waals surface area contributed by atoms with Crippen molar-refractivity contribution in [1.29, 1.82) is 5.26 Å². The molecule has 7 heteroatoms. The fraction of sp³-hybridized carbons (Fsp3) is 0.375. The van der Waals surface area contributed by atoms with Gasteiger partial charge >= 0.3 is 6.09 Å². The van der Waals surface area contributed by atoms with E-state index in [9.17, 15) is 9.18 Å². The SMILES string of the molecule is CC(C)(C)OC(=O)N1CCC(c2cc3cc(-c4ccc(C#N)cc4F)ncc3o2)CC1. The number of hydrogen-bond donors (Lipinski definition) is 0. The zero-order chi connectivity index (χ0) is 22.2. The number of carbonyl (C=O) groups is 1. The van der Waals surface area contributed by atoms with Crippen molar-refractivity contribution >= 4 is 17.1 Å². The number of amides is 1. The van der Waals surface area contributed by atoms with Gasteiger partial charge in [0.05, 0.1) is 23.5 Å². The second-order valence-electron chi connectivity index (χ2n) is 8.80. The minimum Gasteiger partial charge on any atom is -0.459 e. The van der Waals surface area contributed by atoms with Crippen molar-refractivity contribution in [2.24, 2.45) is 0 Å². The van der Waals surface area contributed by atoms with E-state index in [1.54, 1.807) is 29.3 Å². The van der Waals surface area contributed by atoms with Crippen LogP contribution in [0.15, 0.2) is 40.9 Å². The molecular formula is C24H24FN3O3. The molecule has 0 radical (unpaired) electrons. The molecule has 1 saturated heterocycles. The molecule has 31 heavy (non-hydrogen) atoms. The van der Waals surface area contributed by atoms with E-state index in [1.165, 1.54) is 6.07 Å². The van der Waals surface area contributed by atoms with Gasteiger partial charge in [-0.3, -0.25) is 4.98 Å². The minimum atomic E-state index is -0.508. The number of pyridine rings is 1. The molecule has 1 aromatic carbocycles. The maximum Gasteiger partial charge on any atom is 0.410 e. The number of furan rings is 1. The Balaban J connectivity index is 1.49. The van der Waals surface area contributed by atoms with Gasteiger partial charge in [0.15, 0.2) is 5.58 Å². The third-order valence-corrected chi connectivity index (χ3v) is 5.35. The number of rotatable bonds is 2. The average molecular weight is 421 g/mol. The Bertz CT molecular complexity index is 1170. The smallest absolute Gasteiger partial charge is 0.410 e. The van der Waals surface area contributed by atoms with Crippen LogP contribution in [0.4, 0.5) is 9.18 Å². The van der Waals surface area contributed by atoms with Gasteiger partial charge in [0.1, 0.15) is 17.2 Å². The fourth-order valence-corrected chi connectivity index (χ4v) is 3.78. The third kappa shape index (κ3) is 4.53. The fourth-order valence-electron chi connectivity index (χ4n) is 3.78. The summed E-state index contributed by atoms with van der Waals surface area (Å²) in [6.45, 7) is 6.79. The van der Waals surface area contributed by atoms with Crippen LogP contribution in [-0.2, 0) is 4.74 Å². The largest absolute Gasteiger partial charge is 0.459 e. The summed E-state index contributed by atoms with van der Waals surface area (Å²) < 4.78 is 25.8. The van der Waals surface area contributed by atoms with E-state index in [0.717, 1.165) is 24.0 Å². The van der Waals surface area contributed by atoms with Crippen LogP contribution in [0.1, 0.15) is 50.9 Å². The van der Waals surface area contributed by atoms with Gasteiger partial charge in [0.25, 0.3) is 0 Å². The number of halogens is 1. The number of aromatic nitrogens is 1. The van der Waals surface area contributed by atoms with Crippen LogP contribution in [0.25, 0.3) is 22.2 Å². The van der Waals surface area contributed by atoms with Crippen LogP contribution in [0, 0.1) is 17.1 Å². The Morgan fingerprint density at radius 1 is 1.26 bits per heavy atom. The van der Waals surface area contributed by atoms with Crippen LogP contribution < -0.4 is 0 Å². The molecule has 1 aliphatic rings. The zero-order valence-electron chi connectivity index (χ0n) is 17.8. The lowest BCUT2D eigenvalue weighted by molar-refractivity contribution is 0.0200. The van der Waals surface area contributed by atoms with Gasteiger partial charge in [-0.05, 0) is 63.9 Å². The first-order valence-electron chi connectivity index (χ1n) is 10.3. The molecule has 0 N–H and O–H groups in total. The summed E-state index contributed by atoms with van der Waals surface area (Å²) in [6.07, 6.45) is 2.88. The van der Waals surface area contributed by atoms with Crippen molar-refractivity contribution < 1.29 is 18.3 Å². The second kappa shape index (κ2) is 8.03. The highest BCUT2D eigenvalue weighted by molar-refractivity contribution is 5.82. The normalized spacial score (nSPS) is 15.1. The molecule has 0 aliphatic carbocycles. The Labute approximate surface area is 180 Å². The molecule has 160 valence electrons. The third-order valence-electron chi connectivity index (χ3n) is 5.35. The molecule has 0 spiro atoms. The Kier molecular flexibility index (Phi) is 5.40. The number of benzene rings is 1. The molecule has 2 aromatic heterocycles. The first-order valence-corrected chi connectivity index (χ1v) is 10.3. The van der Waals surface area contributed by atoms with Crippen molar-refractivity contribution in [2.45, 2.75) is 45.1 Å². The number of fused-ring (bicyclic) bond motifs is 1. The van der Waals surface area contributed by atoms with Gasteiger partial charge in [0, 0.05) is 30.0 Å². The molecule has 4 rings (SSSR count). The summed E-state index contributed by atoms with van der Waals surface area (Å²) in [5.41, 5.74) is 1.23. The average Bonchev–Trinajstić information content (AvgIpc) is 3.16. The number of piperidine rings is 1. The van der Waals surface area contributed by atoms with Gasteiger partial charge in [-0.15, -0.1) is 0 Å². The monoisotopic (exact) mass is 421 g/mol. The minimum absolute atomic E-state index is 0.196. The van der Waals surface area contributed by atoms with Crippen molar-refractivity contribution in [3.8, 4) is 17.3 Å². The zero-order valence-corrected chi connectivity index (χ0v) is 17.8. The molecule has 3 aromatic rings. The highest BCUT2D eigenvalue weighted by Gasteiger charge is 2.29. The second-order valence-corrected chi connectivity index (χ2v) is 8.80. The first kappa shape index (κ1) is 20.9. The van der Waals surface area contributed by atoms with Crippen molar-refractivity contribution in [3.63, 3.8) is 0 Å². The van der Waals surface area contributed by atoms with Crippen LogP contribution >= 0.6 is 0 Å². The van der Waals surface area contributed by atoms with E-state index >= 15 is 0 Å². The Morgan fingerprint density at radius 2 is 2.00 bits per heavy atom. The Morgan fingerprint density at radius 3 is 2.65 bits per heavy atom. The van der Waals surface area contributed by atoms with E-state index < -0.39 is 11.4 Å². The van der Waals surface area contributed by atoms with Crippen LogP contribution in [0.3, 0.4) is 0 Å². The molecule has 6 nitrogen and oxygen atoms in total. The lowest BCUT2D eigenvalue weighted by atomic mass is 9.94. The predicted molar refractivity (Wildman–Crippen MR) is 114 cm³/mol. The first-order chi connectivity index (χ1) is 14.7. The summed E-state index contributed by atoms with van der Waals surface area (Å²) in [7, 11) is 0. The van der Waals surface area contributed by atoms with Gasteiger partial charge in [-0.1, -0.05) is 0 Å². The maximum absolute atomic E-state index is 14.4. The van der Waals surface area contributed by atoms with Crippen molar-refractivity contribution in [3.05, 3.63) is 53.7 Å². The lowest BCUT2D eigenvalue weighted by Crippen LogP contribution is -2.41. The molecular weight excluding hydrogens is 397 g/mol. The number of likely N-dealkylation sites (tertiary alicyclic amines) is 1.